The van der Waals surface area contributed by atoms with Gasteiger partial charge in [0.1, 0.15) is 0 Å². The highest BCUT2D eigenvalue weighted by Crippen LogP contribution is 2.20. The minimum atomic E-state index is -0.204. The first-order valence-corrected chi connectivity index (χ1v) is 7.61. The molecular weight excluding hydrogens is 262 g/mol. The molecule has 2 rings (SSSR count). The molecule has 0 aromatic carbocycles. The Morgan fingerprint density at radius 2 is 2.53 bits per heavy atom. The summed E-state index contributed by atoms with van der Waals surface area (Å²) in [6.45, 7) is 6.71. The number of carbonyl (C=O) groups is 1. The fraction of sp³-hybridized carbons (Fsp3) is 0.692. The summed E-state index contributed by atoms with van der Waals surface area (Å²) >= 11 is 1.58. The van der Waals surface area contributed by atoms with Crippen LogP contribution in [-0.4, -0.2) is 47.8 Å². The minimum absolute atomic E-state index is 0.00166. The normalized spacial score (nSPS) is 23.4. The molecule has 1 unspecified atom stereocenters. The molecular formula is C13H21N3O2S. The van der Waals surface area contributed by atoms with Gasteiger partial charge in [-0.3, -0.25) is 0 Å². The number of aromatic nitrogens is 1. The van der Waals surface area contributed by atoms with Crippen LogP contribution < -0.4 is 5.32 Å². The van der Waals surface area contributed by atoms with Gasteiger partial charge in [0.2, 0.25) is 0 Å². The molecule has 19 heavy (non-hydrogen) atoms. The van der Waals surface area contributed by atoms with Crippen LogP contribution in [0.15, 0.2) is 10.9 Å². The first kappa shape index (κ1) is 14.3. The number of carbonyl (C=O) groups excluding carboxylic acids is 1. The van der Waals surface area contributed by atoms with Crippen molar-refractivity contribution in [2.75, 3.05) is 26.2 Å². The molecule has 2 amide bonds. The average Bonchev–Trinajstić information content (AvgIpc) is 2.92. The van der Waals surface area contributed by atoms with Crippen LogP contribution in [0.25, 0.3) is 0 Å². The van der Waals surface area contributed by atoms with Gasteiger partial charge >= 0.3 is 6.03 Å². The van der Waals surface area contributed by atoms with E-state index >= 15 is 0 Å². The number of nitrogens with one attached hydrogen (secondary N) is 1. The lowest BCUT2D eigenvalue weighted by molar-refractivity contribution is -0.0872. The largest absolute Gasteiger partial charge is 0.372 e. The molecule has 0 radical (unpaired) electrons. The van der Waals surface area contributed by atoms with E-state index in [1.165, 1.54) is 0 Å². The molecule has 1 aliphatic rings. The Morgan fingerprint density at radius 1 is 1.68 bits per heavy atom. The van der Waals surface area contributed by atoms with Crippen LogP contribution in [0.3, 0.4) is 0 Å². The molecule has 0 aliphatic carbocycles. The van der Waals surface area contributed by atoms with Crippen LogP contribution in [0.4, 0.5) is 4.79 Å². The summed E-state index contributed by atoms with van der Waals surface area (Å²) in [4.78, 5) is 18.1. The first-order chi connectivity index (χ1) is 9.13. The maximum Gasteiger partial charge on any atom is 0.317 e. The zero-order chi connectivity index (χ0) is 13.7. The summed E-state index contributed by atoms with van der Waals surface area (Å²) in [5, 5.41) is 4.96. The van der Waals surface area contributed by atoms with Gasteiger partial charge < -0.3 is 15.0 Å². The Hall–Kier alpha value is -1.14. The third-order valence-electron chi connectivity index (χ3n) is 3.51. The monoisotopic (exact) mass is 283 g/mol. The second kappa shape index (κ2) is 6.34. The lowest BCUT2D eigenvalue weighted by Crippen LogP contribution is -2.54. The van der Waals surface area contributed by atoms with E-state index in [1.807, 2.05) is 15.8 Å². The number of ether oxygens (including phenoxy) is 1. The van der Waals surface area contributed by atoms with Gasteiger partial charge in [0.15, 0.2) is 0 Å². The Morgan fingerprint density at radius 3 is 3.21 bits per heavy atom. The van der Waals surface area contributed by atoms with Gasteiger partial charge in [-0.25, -0.2) is 9.78 Å². The molecule has 2 heterocycles. The smallest absolute Gasteiger partial charge is 0.317 e. The Labute approximate surface area is 118 Å². The quantitative estimate of drug-likeness (QED) is 0.918. The van der Waals surface area contributed by atoms with Crippen molar-refractivity contribution in [3.63, 3.8) is 0 Å². The van der Waals surface area contributed by atoms with Crippen LogP contribution >= 0.6 is 11.3 Å². The third-order valence-corrected chi connectivity index (χ3v) is 4.15. The van der Waals surface area contributed by atoms with Crippen molar-refractivity contribution in [1.82, 2.24) is 15.2 Å². The van der Waals surface area contributed by atoms with E-state index in [4.69, 9.17) is 4.74 Å². The van der Waals surface area contributed by atoms with Crippen molar-refractivity contribution in [3.05, 3.63) is 16.6 Å². The van der Waals surface area contributed by atoms with Crippen molar-refractivity contribution in [2.24, 2.45) is 0 Å². The fourth-order valence-corrected chi connectivity index (χ4v) is 2.68. The van der Waals surface area contributed by atoms with Gasteiger partial charge in [-0.1, -0.05) is 6.92 Å². The standard InChI is InChI=1S/C13H21N3O2S/c1-3-13(2)9-16(6-7-18-13)12(17)14-5-4-11-8-19-10-15-11/h8,10H,3-7,9H2,1-2H3,(H,14,17). The lowest BCUT2D eigenvalue weighted by Gasteiger charge is -2.39. The van der Waals surface area contributed by atoms with Gasteiger partial charge in [-0.15, -0.1) is 11.3 Å². The van der Waals surface area contributed by atoms with E-state index in [9.17, 15) is 4.79 Å². The van der Waals surface area contributed by atoms with Gasteiger partial charge in [-0.05, 0) is 13.3 Å². The van der Waals surface area contributed by atoms with Crippen LogP contribution in [0.2, 0.25) is 0 Å². The summed E-state index contributed by atoms with van der Waals surface area (Å²) in [5.74, 6) is 0. The number of amides is 2. The number of morpholine rings is 1. The van der Waals surface area contributed by atoms with E-state index in [1.54, 1.807) is 11.3 Å². The first-order valence-electron chi connectivity index (χ1n) is 6.67. The summed E-state index contributed by atoms with van der Waals surface area (Å²) in [7, 11) is 0. The van der Waals surface area contributed by atoms with E-state index in [0.29, 0.717) is 26.2 Å². The van der Waals surface area contributed by atoms with Crippen molar-refractivity contribution < 1.29 is 9.53 Å². The zero-order valence-corrected chi connectivity index (χ0v) is 12.3. The Kier molecular flexibility index (Phi) is 4.76. The molecule has 0 bridgehead atoms. The van der Waals surface area contributed by atoms with Crippen molar-refractivity contribution in [1.29, 1.82) is 0 Å². The summed E-state index contributed by atoms with van der Waals surface area (Å²) in [5.41, 5.74) is 2.64. The molecule has 6 heteroatoms. The highest BCUT2D eigenvalue weighted by molar-refractivity contribution is 7.07. The molecule has 1 fully saturated rings. The van der Waals surface area contributed by atoms with Gasteiger partial charge in [0.25, 0.3) is 0 Å². The third kappa shape index (κ3) is 3.91. The molecule has 0 spiro atoms. The highest BCUT2D eigenvalue weighted by Gasteiger charge is 2.32. The molecule has 0 saturated carbocycles. The minimum Gasteiger partial charge on any atom is -0.372 e. The Bertz CT molecular complexity index is 410. The number of hydrogen-bond acceptors (Lipinski definition) is 4. The summed E-state index contributed by atoms with van der Waals surface area (Å²) in [6.07, 6.45) is 1.69. The van der Waals surface area contributed by atoms with E-state index < -0.39 is 0 Å². The predicted molar refractivity (Wildman–Crippen MR) is 75.4 cm³/mol. The van der Waals surface area contributed by atoms with E-state index in [0.717, 1.165) is 18.5 Å². The maximum atomic E-state index is 12.1. The van der Waals surface area contributed by atoms with Crippen LogP contribution in [0, 0.1) is 0 Å². The topological polar surface area (TPSA) is 54.5 Å². The zero-order valence-electron chi connectivity index (χ0n) is 11.5. The van der Waals surface area contributed by atoms with Crippen molar-refractivity contribution >= 4 is 17.4 Å². The fourth-order valence-electron chi connectivity index (χ4n) is 2.09. The summed E-state index contributed by atoms with van der Waals surface area (Å²) < 4.78 is 5.73. The molecule has 1 saturated heterocycles. The van der Waals surface area contributed by atoms with E-state index in [-0.39, 0.29) is 11.6 Å². The van der Waals surface area contributed by atoms with Crippen LogP contribution in [0.1, 0.15) is 26.0 Å². The van der Waals surface area contributed by atoms with Gasteiger partial charge in [0.05, 0.1) is 30.0 Å². The van der Waals surface area contributed by atoms with Crippen molar-refractivity contribution in [2.45, 2.75) is 32.3 Å². The molecule has 1 aliphatic heterocycles. The number of nitrogens with zero attached hydrogens (tertiary/aromatic N) is 2. The van der Waals surface area contributed by atoms with Gasteiger partial charge in [-0.2, -0.15) is 0 Å². The van der Waals surface area contributed by atoms with E-state index in [2.05, 4.69) is 24.1 Å². The molecule has 1 aromatic heterocycles. The van der Waals surface area contributed by atoms with Crippen LogP contribution in [0.5, 0.6) is 0 Å². The molecule has 1 N–H and O–H groups in total. The maximum absolute atomic E-state index is 12.1. The molecule has 106 valence electrons. The lowest BCUT2D eigenvalue weighted by atomic mass is 10.0. The van der Waals surface area contributed by atoms with Gasteiger partial charge in [0, 0.05) is 24.9 Å². The van der Waals surface area contributed by atoms with Crippen molar-refractivity contribution in [3.8, 4) is 0 Å². The SMILES string of the molecule is CCC1(C)CN(C(=O)NCCc2cscn2)CCO1. The molecule has 5 nitrogen and oxygen atoms in total. The second-order valence-electron chi connectivity index (χ2n) is 5.04. The predicted octanol–water partition coefficient (Wildman–Crippen LogP) is 1.90. The number of thiazole rings is 1. The van der Waals surface area contributed by atoms with Crippen LogP contribution in [-0.2, 0) is 11.2 Å². The number of rotatable bonds is 4. The molecule has 1 aromatic rings. The Balaban J connectivity index is 1.76. The average molecular weight is 283 g/mol. The highest BCUT2D eigenvalue weighted by atomic mass is 32.1. The number of hydrogen-bond donors (Lipinski definition) is 1. The molecule has 1 atom stereocenters. The summed E-state index contributed by atoms with van der Waals surface area (Å²) in [6, 6.07) is -0.00166. The second-order valence-corrected chi connectivity index (χ2v) is 5.75. The number of urea groups is 1.